The van der Waals surface area contributed by atoms with Crippen LogP contribution in [0.3, 0.4) is 0 Å². The van der Waals surface area contributed by atoms with Gasteiger partial charge in [-0.2, -0.15) is 9.57 Å². The van der Waals surface area contributed by atoms with Crippen molar-refractivity contribution >= 4 is 21.6 Å². The largest absolute Gasteiger partial charge is 0.322 e. The van der Waals surface area contributed by atoms with Gasteiger partial charge in [-0.3, -0.25) is 4.79 Å². The van der Waals surface area contributed by atoms with Crippen molar-refractivity contribution in [1.82, 2.24) is 4.31 Å². The average Bonchev–Trinajstić information content (AvgIpc) is 2.69. The molecule has 6 nitrogen and oxygen atoms in total. The van der Waals surface area contributed by atoms with Gasteiger partial charge in [0.05, 0.1) is 17.4 Å². The number of nitriles is 1. The van der Waals surface area contributed by atoms with Crippen LogP contribution in [-0.2, 0) is 16.4 Å². The number of carbonyl (C=O) groups is 1. The lowest BCUT2D eigenvalue weighted by Crippen LogP contribution is -2.32. The highest BCUT2D eigenvalue weighted by molar-refractivity contribution is 7.89. The van der Waals surface area contributed by atoms with E-state index in [1.54, 1.807) is 24.3 Å². The summed E-state index contributed by atoms with van der Waals surface area (Å²) in [5.41, 5.74) is 1.86. The fourth-order valence-electron chi connectivity index (χ4n) is 2.78. The van der Waals surface area contributed by atoms with Crippen LogP contribution < -0.4 is 5.32 Å². The Hall–Kier alpha value is -2.69. The number of anilines is 1. The van der Waals surface area contributed by atoms with Gasteiger partial charge < -0.3 is 5.32 Å². The number of sulfonamides is 1. The molecule has 0 bridgehead atoms. The van der Waals surface area contributed by atoms with Crippen LogP contribution >= 0.6 is 0 Å². The molecule has 0 aliphatic rings. The van der Waals surface area contributed by atoms with E-state index in [9.17, 15) is 13.2 Å². The molecule has 0 aliphatic heterocycles. The standard InChI is InChI=1S/C21H25N3O3S/c1-3-15-24(16-4-2)28(26,27)20-11-7-18(8-12-20)21(25)23-19-9-5-17(6-10-19)13-14-22/h5-12H,3-4,13,15-16H2,1-2H3,(H,23,25). The summed E-state index contributed by atoms with van der Waals surface area (Å²) >= 11 is 0. The lowest BCUT2D eigenvalue weighted by Gasteiger charge is -2.21. The maximum Gasteiger partial charge on any atom is 0.255 e. The number of benzene rings is 2. The Kier molecular flexibility index (Phi) is 7.73. The number of hydrogen-bond acceptors (Lipinski definition) is 4. The van der Waals surface area contributed by atoms with Crippen LogP contribution in [0.1, 0.15) is 42.6 Å². The molecule has 2 aromatic carbocycles. The number of rotatable bonds is 9. The highest BCUT2D eigenvalue weighted by Gasteiger charge is 2.23. The SMILES string of the molecule is CCCN(CCC)S(=O)(=O)c1ccc(C(=O)Nc2ccc(CC#N)cc2)cc1. The molecule has 2 rings (SSSR count). The third-order valence-electron chi connectivity index (χ3n) is 4.20. The summed E-state index contributed by atoms with van der Waals surface area (Å²) in [4.78, 5) is 12.6. The van der Waals surface area contributed by atoms with Crippen LogP contribution in [0.5, 0.6) is 0 Å². The van der Waals surface area contributed by atoms with Crippen molar-refractivity contribution in [2.45, 2.75) is 38.0 Å². The molecule has 0 fully saturated rings. The van der Waals surface area contributed by atoms with E-state index in [0.717, 1.165) is 18.4 Å². The van der Waals surface area contributed by atoms with Gasteiger partial charge in [0.1, 0.15) is 0 Å². The van der Waals surface area contributed by atoms with Crippen molar-refractivity contribution in [1.29, 1.82) is 5.26 Å². The van der Waals surface area contributed by atoms with Gasteiger partial charge in [-0.05, 0) is 54.8 Å². The predicted molar refractivity (Wildman–Crippen MR) is 109 cm³/mol. The van der Waals surface area contributed by atoms with Gasteiger partial charge >= 0.3 is 0 Å². The molecular weight excluding hydrogens is 374 g/mol. The Bertz CT molecular complexity index is 924. The molecule has 0 heterocycles. The number of hydrogen-bond donors (Lipinski definition) is 1. The normalized spacial score (nSPS) is 11.2. The molecule has 7 heteroatoms. The molecule has 0 radical (unpaired) electrons. The third-order valence-corrected chi connectivity index (χ3v) is 6.11. The van der Waals surface area contributed by atoms with Gasteiger partial charge in [0, 0.05) is 24.3 Å². The summed E-state index contributed by atoms with van der Waals surface area (Å²) in [5.74, 6) is -0.323. The van der Waals surface area contributed by atoms with Crippen LogP contribution in [0, 0.1) is 11.3 Å². The van der Waals surface area contributed by atoms with E-state index in [1.165, 1.54) is 28.6 Å². The van der Waals surface area contributed by atoms with Gasteiger partial charge in [0.2, 0.25) is 10.0 Å². The maximum absolute atomic E-state index is 12.8. The molecule has 1 amide bonds. The zero-order valence-electron chi connectivity index (χ0n) is 16.2. The Balaban J connectivity index is 2.12. The molecule has 1 N–H and O–H groups in total. The van der Waals surface area contributed by atoms with E-state index >= 15 is 0 Å². The molecule has 0 unspecified atom stereocenters. The van der Waals surface area contributed by atoms with Crippen molar-refractivity contribution in [3.63, 3.8) is 0 Å². The van der Waals surface area contributed by atoms with Crippen LogP contribution in [0.15, 0.2) is 53.4 Å². The molecule has 148 valence electrons. The van der Waals surface area contributed by atoms with Gasteiger partial charge in [0.15, 0.2) is 0 Å². The predicted octanol–water partition coefficient (Wildman–Crippen LogP) is 3.82. The molecule has 0 aliphatic carbocycles. The maximum atomic E-state index is 12.8. The minimum atomic E-state index is -3.56. The first-order chi connectivity index (χ1) is 13.4. The van der Waals surface area contributed by atoms with Gasteiger partial charge in [-0.15, -0.1) is 0 Å². The smallest absolute Gasteiger partial charge is 0.255 e. The summed E-state index contributed by atoms with van der Waals surface area (Å²) in [5, 5.41) is 11.5. The Labute approximate surface area is 166 Å². The van der Waals surface area contributed by atoms with E-state index < -0.39 is 10.0 Å². The van der Waals surface area contributed by atoms with E-state index in [2.05, 4.69) is 11.4 Å². The van der Waals surface area contributed by atoms with Crippen molar-refractivity contribution in [3.8, 4) is 6.07 Å². The molecule has 2 aromatic rings. The van der Waals surface area contributed by atoms with Crippen LogP contribution in [-0.4, -0.2) is 31.7 Å². The van der Waals surface area contributed by atoms with Crippen LogP contribution in [0.25, 0.3) is 0 Å². The van der Waals surface area contributed by atoms with Crippen LogP contribution in [0.4, 0.5) is 5.69 Å². The van der Waals surface area contributed by atoms with E-state index in [4.69, 9.17) is 5.26 Å². The first-order valence-corrected chi connectivity index (χ1v) is 10.7. The molecule has 0 saturated heterocycles. The van der Waals surface area contributed by atoms with E-state index in [-0.39, 0.29) is 10.8 Å². The zero-order chi connectivity index (χ0) is 20.6. The van der Waals surface area contributed by atoms with Gasteiger partial charge in [-0.1, -0.05) is 26.0 Å². The average molecular weight is 400 g/mol. The molecule has 0 aromatic heterocycles. The minimum absolute atomic E-state index is 0.187. The number of carbonyl (C=O) groups excluding carboxylic acids is 1. The number of nitrogens with zero attached hydrogens (tertiary/aromatic N) is 2. The van der Waals surface area contributed by atoms with Crippen molar-refractivity contribution in [2.75, 3.05) is 18.4 Å². The summed E-state index contributed by atoms with van der Waals surface area (Å²) in [6.07, 6.45) is 1.80. The monoisotopic (exact) mass is 399 g/mol. The van der Waals surface area contributed by atoms with Crippen molar-refractivity contribution in [2.24, 2.45) is 0 Å². The Morgan fingerprint density at radius 1 is 1.00 bits per heavy atom. The second-order valence-corrected chi connectivity index (χ2v) is 8.35. The Morgan fingerprint density at radius 3 is 2.07 bits per heavy atom. The van der Waals surface area contributed by atoms with Gasteiger partial charge in [0.25, 0.3) is 5.91 Å². The fraction of sp³-hybridized carbons (Fsp3) is 0.333. The van der Waals surface area contributed by atoms with Crippen molar-refractivity contribution < 1.29 is 13.2 Å². The van der Waals surface area contributed by atoms with Crippen molar-refractivity contribution in [3.05, 3.63) is 59.7 Å². The first kappa shape index (κ1) is 21.6. The second-order valence-electron chi connectivity index (χ2n) is 6.41. The number of amides is 1. The molecule has 0 saturated carbocycles. The van der Waals surface area contributed by atoms with E-state index in [0.29, 0.717) is 30.8 Å². The quantitative estimate of drug-likeness (QED) is 0.694. The molecule has 0 spiro atoms. The summed E-state index contributed by atoms with van der Waals surface area (Å²) in [7, 11) is -3.56. The topological polar surface area (TPSA) is 90.3 Å². The zero-order valence-corrected chi connectivity index (χ0v) is 17.0. The lowest BCUT2D eigenvalue weighted by molar-refractivity contribution is 0.102. The highest BCUT2D eigenvalue weighted by atomic mass is 32.2. The first-order valence-electron chi connectivity index (χ1n) is 9.29. The number of nitrogens with one attached hydrogen (secondary N) is 1. The molecular formula is C21H25N3O3S. The third kappa shape index (κ3) is 5.41. The minimum Gasteiger partial charge on any atom is -0.322 e. The summed E-state index contributed by atoms with van der Waals surface area (Å²) < 4.78 is 27.0. The van der Waals surface area contributed by atoms with E-state index in [1.807, 2.05) is 13.8 Å². The molecule has 0 atom stereocenters. The summed E-state index contributed by atoms with van der Waals surface area (Å²) in [6, 6.07) is 15.1. The Morgan fingerprint density at radius 2 is 1.57 bits per heavy atom. The summed E-state index contributed by atoms with van der Waals surface area (Å²) in [6.45, 7) is 4.83. The van der Waals surface area contributed by atoms with Gasteiger partial charge in [-0.25, -0.2) is 8.42 Å². The highest BCUT2D eigenvalue weighted by Crippen LogP contribution is 2.18. The lowest BCUT2D eigenvalue weighted by atomic mass is 10.1. The van der Waals surface area contributed by atoms with Crippen LogP contribution in [0.2, 0.25) is 0 Å². The fourth-order valence-corrected chi connectivity index (χ4v) is 4.40. The molecule has 28 heavy (non-hydrogen) atoms. The second kappa shape index (κ2) is 10.0.